The first-order valence-electron chi connectivity index (χ1n) is 6.64. The molecule has 1 atom stereocenters. The fourth-order valence-electron chi connectivity index (χ4n) is 2.89. The molecule has 3 nitrogen and oxygen atoms in total. The molecule has 1 unspecified atom stereocenters. The molecule has 1 aliphatic heterocycles. The maximum absolute atomic E-state index is 9.69. The maximum atomic E-state index is 9.69. The molecule has 2 rings (SSSR count). The van der Waals surface area contributed by atoms with Gasteiger partial charge in [-0.2, -0.15) is 0 Å². The highest BCUT2D eigenvalue weighted by atomic mass is 16.5. The third-order valence-electron chi connectivity index (χ3n) is 3.61. The van der Waals surface area contributed by atoms with Gasteiger partial charge in [-0.25, -0.2) is 0 Å². The summed E-state index contributed by atoms with van der Waals surface area (Å²) in [6, 6.07) is 4.37. The zero-order valence-electron chi connectivity index (χ0n) is 11.6. The lowest BCUT2D eigenvalue weighted by molar-refractivity contribution is 0.0668. The van der Waals surface area contributed by atoms with Crippen molar-refractivity contribution in [3.05, 3.63) is 28.8 Å². The molecule has 0 spiro atoms. The summed E-state index contributed by atoms with van der Waals surface area (Å²) in [5, 5.41) is 9.69. The van der Waals surface area contributed by atoms with Crippen molar-refractivity contribution in [3.8, 4) is 5.75 Å². The van der Waals surface area contributed by atoms with Gasteiger partial charge in [0.25, 0.3) is 0 Å². The number of aliphatic hydroxyl groups is 1. The second kappa shape index (κ2) is 5.72. The van der Waals surface area contributed by atoms with E-state index in [1.807, 2.05) is 0 Å². The van der Waals surface area contributed by atoms with E-state index in [9.17, 15) is 5.11 Å². The van der Waals surface area contributed by atoms with Crippen LogP contribution >= 0.6 is 0 Å². The Morgan fingerprint density at radius 1 is 1.33 bits per heavy atom. The van der Waals surface area contributed by atoms with Crippen LogP contribution in [-0.4, -0.2) is 36.3 Å². The maximum Gasteiger partial charge on any atom is 0.124 e. The van der Waals surface area contributed by atoms with E-state index < -0.39 is 0 Å². The van der Waals surface area contributed by atoms with Crippen molar-refractivity contribution in [2.45, 2.75) is 39.3 Å². The second-order valence-electron chi connectivity index (χ2n) is 5.29. The predicted octanol–water partition coefficient (Wildman–Crippen LogP) is 2.27. The van der Waals surface area contributed by atoms with Crippen LogP contribution in [0.15, 0.2) is 12.1 Å². The molecule has 18 heavy (non-hydrogen) atoms. The number of hydrogen-bond acceptors (Lipinski definition) is 3. The predicted molar refractivity (Wildman–Crippen MR) is 73.0 cm³/mol. The number of hydrogen-bond donors (Lipinski definition) is 1. The lowest BCUT2D eigenvalue weighted by atomic mass is 10.0. The number of aryl methyl sites for hydroxylation is 2. The minimum atomic E-state index is -0.154. The Bertz CT molecular complexity index is 394. The third-order valence-corrected chi connectivity index (χ3v) is 3.61. The Morgan fingerprint density at radius 3 is 2.56 bits per heavy atom. The first kappa shape index (κ1) is 13.4. The van der Waals surface area contributed by atoms with Gasteiger partial charge in [-0.1, -0.05) is 12.1 Å². The van der Waals surface area contributed by atoms with Crippen LogP contribution in [0.4, 0.5) is 0 Å². The summed E-state index contributed by atoms with van der Waals surface area (Å²) in [5.74, 6) is 0.984. The highest BCUT2D eigenvalue weighted by molar-refractivity contribution is 5.43. The molecular weight excluding hydrogens is 226 g/mol. The number of ether oxygens (including phenoxy) is 1. The number of likely N-dealkylation sites (tertiary alicyclic amines) is 1. The summed E-state index contributed by atoms with van der Waals surface area (Å²) < 4.78 is 5.38. The van der Waals surface area contributed by atoms with Crippen LogP contribution in [0.3, 0.4) is 0 Å². The first-order chi connectivity index (χ1) is 8.60. The molecule has 0 amide bonds. The van der Waals surface area contributed by atoms with E-state index in [1.54, 1.807) is 7.11 Å². The molecule has 1 aliphatic rings. The first-order valence-corrected chi connectivity index (χ1v) is 6.64. The van der Waals surface area contributed by atoms with E-state index in [4.69, 9.17) is 4.74 Å². The second-order valence-corrected chi connectivity index (χ2v) is 5.29. The number of piperidine rings is 1. The molecule has 1 heterocycles. The van der Waals surface area contributed by atoms with Gasteiger partial charge in [0.15, 0.2) is 0 Å². The summed E-state index contributed by atoms with van der Waals surface area (Å²) >= 11 is 0. The molecular formula is C15H23NO2. The Morgan fingerprint density at radius 2 is 2.00 bits per heavy atom. The molecule has 1 aromatic carbocycles. The monoisotopic (exact) mass is 249 g/mol. The van der Waals surface area contributed by atoms with Gasteiger partial charge in [-0.05, 0) is 49.9 Å². The van der Waals surface area contributed by atoms with Crippen LogP contribution in [0.2, 0.25) is 0 Å². The largest absolute Gasteiger partial charge is 0.496 e. The molecule has 1 N–H and O–H groups in total. The van der Waals surface area contributed by atoms with Gasteiger partial charge in [-0.15, -0.1) is 0 Å². The van der Waals surface area contributed by atoms with E-state index in [0.29, 0.717) is 0 Å². The number of rotatable bonds is 3. The lowest BCUT2D eigenvalue weighted by Crippen LogP contribution is -2.37. The van der Waals surface area contributed by atoms with Crippen molar-refractivity contribution in [1.82, 2.24) is 4.90 Å². The minimum Gasteiger partial charge on any atom is -0.496 e. The number of β-amino-alcohol motifs (C(OH)–C–C–N with tert-alkyl or cyclic N) is 1. The van der Waals surface area contributed by atoms with E-state index in [0.717, 1.165) is 38.2 Å². The Kier molecular flexibility index (Phi) is 4.25. The lowest BCUT2D eigenvalue weighted by Gasteiger charge is -2.30. The normalized spacial score (nSPS) is 21.0. The van der Waals surface area contributed by atoms with Crippen LogP contribution < -0.4 is 4.74 Å². The van der Waals surface area contributed by atoms with Gasteiger partial charge < -0.3 is 9.84 Å². The van der Waals surface area contributed by atoms with Crippen molar-refractivity contribution in [3.63, 3.8) is 0 Å². The standard InChI is InChI=1S/C15H23NO2/c1-11-7-13(8-12(2)15(11)18-3)9-16-6-4-5-14(17)10-16/h7-8,14,17H,4-6,9-10H2,1-3H3. The molecule has 1 fully saturated rings. The highest BCUT2D eigenvalue weighted by Crippen LogP contribution is 2.25. The van der Waals surface area contributed by atoms with Crippen LogP contribution in [0, 0.1) is 13.8 Å². The Labute approximate surface area is 109 Å². The average Bonchev–Trinajstić information content (AvgIpc) is 2.28. The smallest absolute Gasteiger partial charge is 0.124 e. The quantitative estimate of drug-likeness (QED) is 0.892. The van der Waals surface area contributed by atoms with Gasteiger partial charge in [0.1, 0.15) is 5.75 Å². The number of aliphatic hydroxyl groups excluding tert-OH is 1. The summed E-state index contributed by atoms with van der Waals surface area (Å²) in [6.45, 7) is 6.97. The third kappa shape index (κ3) is 3.03. The van der Waals surface area contributed by atoms with Crippen molar-refractivity contribution >= 4 is 0 Å². The van der Waals surface area contributed by atoms with Gasteiger partial charge in [0.05, 0.1) is 13.2 Å². The summed E-state index contributed by atoms with van der Waals surface area (Å²) in [4.78, 5) is 2.33. The van der Waals surface area contributed by atoms with Gasteiger partial charge in [0, 0.05) is 13.1 Å². The molecule has 100 valence electrons. The van der Waals surface area contributed by atoms with Crippen LogP contribution in [0.25, 0.3) is 0 Å². The molecule has 0 aliphatic carbocycles. The van der Waals surface area contributed by atoms with Crippen molar-refractivity contribution in [1.29, 1.82) is 0 Å². The van der Waals surface area contributed by atoms with Crippen LogP contribution in [0.5, 0.6) is 5.75 Å². The fraction of sp³-hybridized carbons (Fsp3) is 0.600. The summed E-state index contributed by atoms with van der Waals surface area (Å²) in [6.07, 6.45) is 1.88. The Balaban J connectivity index is 2.09. The number of methoxy groups -OCH3 is 1. The van der Waals surface area contributed by atoms with Gasteiger partial charge in [0.2, 0.25) is 0 Å². The van der Waals surface area contributed by atoms with Crippen molar-refractivity contribution in [2.24, 2.45) is 0 Å². The van der Waals surface area contributed by atoms with Crippen LogP contribution in [0.1, 0.15) is 29.5 Å². The minimum absolute atomic E-state index is 0.154. The fourth-order valence-corrected chi connectivity index (χ4v) is 2.89. The molecule has 0 saturated carbocycles. The molecule has 1 aromatic rings. The number of benzene rings is 1. The summed E-state index contributed by atoms with van der Waals surface area (Å²) in [5.41, 5.74) is 3.68. The molecule has 1 saturated heterocycles. The molecule has 0 bridgehead atoms. The van der Waals surface area contributed by atoms with Crippen LogP contribution in [-0.2, 0) is 6.54 Å². The van der Waals surface area contributed by atoms with Gasteiger partial charge >= 0.3 is 0 Å². The van der Waals surface area contributed by atoms with E-state index in [1.165, 1.54) is 16.7 Å². The average molecular weight is 249 g/mol. The summed E-state index contributed by atoms with van der Waals surface area (Å²) in [7, 11) is 1.72. The van der Waals surface area contributed by atoms with E-state index in [2.05, 4.69) is 30.9 Å². The number of nitrogens with zero attached hydrogens (tertiary/aromatic N) is 1. The molecule has 3 heteroatoms. The topological polar surface area (TPSA) is 32.7 Å². The molecule has 0 aromatic heterocycles. The zero-order chi connectivity index (χ0) is 13.1. The highest BCUT2D eigenvalue weighted by Gasteiger charge is 2.18. The van der Waals surface area contributed by atoms with E-state index >= 15 is 0 Å². The van der Waals surface area contributed by atoms with Gasteiger partial charge in [-0.3, -0.25) is 4.90 Å². The van der Waals surface area contributed by atoms with Crippen molar-refractivity contribution in [2.75, 3.05) is 20.2 Å². The zero-order valence-corrected chi connectivity index (χ0v) is 11.6. The Hall–Kier alpha value is -1.06. The molecule has 0 radical (unpaired) electrons. The van der Waals surface area contributed by atoms with E-state index in [-0.39, 0.29) is 6.10 Å². The van der Waals surface area contributed by atoms with Crippen molar-refractivity contribution < 1.29 is 9.84 Å². The SMILES string of the molecule is COc1c(C)cc(CN2CCCC(O)C2)cc1C.